The van der Waals surface area contributed by atoms with E-state index in [1.54, 1.807) is 6.26 Å². The van der Waals surface area contributed by atoms with Crippen molar-refractivity contribution in [3.63, 3.8) is 0 Å². The summed E-state index contributed by atoms with van der Waals surface area (Å²) in [4.78, 5) is 21.0. The third kappa shape index (κ3) is 3.39. The molecule has 0 saturated carbocycles. The maximum Gasteiger partial charge on any atom is 0.332 e. The average Bonchev–Trinajstić information content (AvgIpc) is 3.09. The minimum Gasteiger partial charge on any atom is -0.390 e. The summed E-state index contributed by atoms with van der Waals surface area (Å²) in [5, 5.41) is 20.4. The van der Waals surface area contributed by atoms with E-state index in [0.29, 0.717) is 11.9 Å². The maximum absolute atomic E-state index is 13.0. The number of aliphatic hydroxyl groups excluding tert-OH is 2. The van der Waals surface area contributed by atoms with Crippen molar-refractivity contribution in [1.29, 1.82) is 0 Å². The Labute approximate surface area is 152 Å². The van der Waals surface area contributed by atoms with E-state index in [2.05, 4.69) is 9.97 Å². The van der Waals surface area contributed by atoms with Crippen LogP contribution in [0.4, 0.5) is 5.95 Å². The van der Waals surface area contributed by atoms with Crippen LogP contribution in [-0.4, -0.2) is 63.8 Å². The topological polar surface area (TPSA) is 145 Å². The Kier molecular flexibility index (Phi) is 5.42. The number of anilines is 1. The van der Waals surface area contributed by atoms with E-state index >= 15 is 0 Å². The molecule has 0 amide bonds. The van der Waals surface area contributed by atoms with Crippen LogP contribution in [0.3, 0.4) is 0 Å². The molecule has 10 nitrogen and oxygen atoms in total. The van der Waals surface area contributed by atoms with Crippen LogP contribution in [-0.2, 0) is 22.1 Å². The Morgan fingerprint density at radius 2 is 2.27 bits per heavy atom. The number of hydrogen-bond acceptors (Lipinski definition) is 8. The van der Waals surface area contributed by atoms with Gasteiger partial charge in [0.25, 0.3) is 0 Å². The number of fused-ring (bicyclic) bond motifs is 1. The SMILES string of the molecule is CCC(O)[C@@H]1C[C@@H](O)[C@H](n2c(=O)n(CCS(C)=O)c3cnc(N)nc32)O1. The van der Waals surface area contributed by atoms with Gasteiger partial charge in [0.15, 0.2) is 11.9 Å². The van der Waals surface area contributed by atoms with Crippen LogP contribution >= 0.6 is 0 Å². The molecule has 0 radical (unpaired) electrons. The number of aryl methyl sites for hydroxylation is 1. The van der Waals surface area contributed by atoms with Crippen LogP contribution in [0.5, 0.6) is 0 Å². The predicted molar refractivity (Wildman–Crippen MR) is 96.0 cm³/mol. The van der Waals surface area contributed by atoms with Crippen LogP contribution in [0.2, 0.25) is 0 Å². The molecular formula is C15H23N5O5S. The number of nitrogens with zero attached hydrogens (tertiary/aromatic N) is 4. The standard InChI is InChI=1S/C15H23N5O5S/c1-3-9(21)11-6-10(22)13(25-11)20-12-8(7-17-14(16)18-12)19(15(20)23)4-5-26(2)24/h7,9-11,13,21-22H,3-6H2,1-2H3,(H2,16,17,18)/t9?,10-,11+,13-,26?/m1/s1. The van der Waals surface area contributed by atoms with Crippen LogP contribution in [0.1, 0.15) is 26.0 Å². The molecule has 0 spiro atoms. The highest BCUT2D eigenvalue weighted by molar-refractivity contribution is 7.84. The van der Waals surface area contributed by atoms with Gasteiger partial charge < -0.3 is 20.7 Å². The number of aliphatic hydroxyl groups is 2. The van der Waals surface area contributed by atoms with Gasteiger partial charge in [0.1, 0.15) is 11.6 Å². The zero-order valence-corrected chi connectivity index (χ0v) is 15.4. The third-order valence-electron chi connectivity index (χ3n) is 4.55. The Balaban J connectivity index is 2.08. The summed E-state index contributed by atoms with van der Waals surface area (Å²) >= 11 is 0. The van der Waals surface area contributed by atoms with E-state index < -0.39 is 41.0 Å². The fourth-order valence-electron chi connectivity index (χ4n) is 3.16. The van der Waals surface area contributed by atoms with Gasteiger partial charge in [-0.1, -0.05) is 6.92 Å². The molecule has 1 aliphatic heterocycles. The molecule has 1 saturated heterocycles. The molecule has 2 aromatic heterocycles. The fraction of sp³-hybridized carbons (Fsp3) is 0.667. The molecule has 2 unspecified atom stereocenters. The first kappa shape index (κ1) is 19.0. The molecule has 3 rings (SSSR count). The van der Waals surface area contributed by atoms with Crippen molar-refractivity contribution >= 4 is 27.9 Å². The molecule has 2 aromatic rings. The predicted octanol–water partition coefficient (Wildman–Crippen LogP) is -1.03. The minimum atomic E-state index is -1.08. The van der Waals surface area contributed by atoms with Crippen molar-refractivity contribution in [3.05, 3.63) is 16.7 Å². The third-order valence-corrected chi connectivity index (χ3v) is 5.30. The van der Waals surface area contributed by atoms with Crippen molar-refractivity contribution in [2.24, 2.45) is 0 Å². The molecule has 11 heteroatoms. The van der Waals surface area contributed by atoms with Crippen LogP contribution < -0.4 is 11.4 Å². The lowest BCUT2D eigenvalue weighted by Gasteiger charge is -2.18. The Morgan fingerprint density at radius 3 is 2.92 bits per heavy atom. The first-order valence-corrected chi connectivity index (χ1v) is 10.1. The fourth-order valence-corrected chi connectivity index (χ4v) is 3.60. The summed E-state index contributed by atoms with van der Waals surface area (Å²) in [6, 6.07) is 0. The van der Waals surface area contributed by atoms with Crippen LogP contribution in [0.25, 0.3) is 11.2 Å². The molecule has 3 heterocycles. The van der Waals surface area contributed by atoms with Gasteiger partial charge in [-0.2, -0.15) is 4.98 Å². The molecule has 1 fully saturated rings. The molecule has 144 valence electrons. The summed E-state index contributed by atoms with van der Waals surface area (Å²) in [7, 11) is -1.08. The first-order valence-electron chi connectivity index (χ1n) is 8.38. The second-order valence-electron chi connectivity index (χ2n) is 6.36. The van der Waals surface area contributed by atoms with Crippen molar-refractivity contribution in [2.75, 3.05) is 17.7 Å². The number of nitrogens with two attached hydrogens (primary N) is 1. The lowest BCUT2D eigenvalue weighted by Crippen LogP contribution is -2.33. The van der Waals surface area contributed by atoms with Crippen molar-refractivity contribution in [2.45, 2.75) is 50.8 Å². The van der Waals surface area contributed by atoms with E-state index in [1.165, 1.54) is 15.3 Å². The van der Waals surface area contributed by atoms with Gasteiger partial charge in [0.05, 0.1) is 18.4 Å². The zero-order chi connectivity index (χ0) is 19.0. The molecule has 0 bridgehead atoms. The number of ether oxygens (including phenoxy) is 1. The van der Waals surface area contributed by atoms with Gasteiger partial charge in [0, 0.05) is 35.8 Å². The van der Waals surface area contributed by atoms with Gasteiger partial charge in [-0.05, 0) is 6.42 Å². The van der Waals surface area contributed by atoms with Crippen LogP contribution in [0, 0.1) is 0 Å². The van der Waals surface area contributed by atoms with E-state index in [1.807, 2.05) is 6.92 Å². The maximum atomic E-state index is 13.0. The quantitative estimate of drug-likeness (QED) is 0.572. The number of imidazole rings is 1. The Hall–Kier alpha value is -1.82. The summed E-state index contributed by atoms with van der Waals surface area (Å²) in [6.45, 7) is 2.02. The second-order valence-corrected chi connectivity index (χ2v) is 7.92. The highest BCUT2D eigenvalue weighted by Gasteiger charge is 2.40. The van der Waals surface area contributed by atoms with Crippen molar-refractivity contribution in [1.82, 2.24) is 19.1 Å². The van der Waals surface area contributed by atoms with E-state index in [0.717, 1.165) is 0 Å². The largest absolute Gasteiger partial charge is 0.390 e. The minimum absolute atomic E-state index is 0.0138. The number of rotatable bonds is 6. The summed E-state index contributed by atoms with van der Waals surface area (Å²) in [6.07, 6.45) is 0.380. The molecule has 5 atom stereocenters. The lowest BCUT2D eigenvalue weighted by molar-refractivity contribution is -0.0759. The molecule has 4 N–H and O–H groups in total. The average molecular weight is 385 g/mol. The Bertz CT molecular complexity index is 881. The van der Waals surface area contributed by atoms with E-state index in [9.17, 15) is 19.2 Å². The monoisotopic (exact) mass is 385 g/mol. The van der Waals surface area contributed by atoms with Crippen LogP contribution in [0.15, 0.2) is 11.0 Å². The first-order chi connectivity index (χ1) is 12.3. The molecule has 0 aromatic carbocycles. The van der Waals surface area contributed by atoms with Gasteiger partial charge in [0.2, 0.25) is 5.95 Å². The van der Waals surface area contributed by atoms with Gasteiger partial charge in [-0.15, -0.1) is 0 Å². The van der Waals surface area contributed by atoms with Gasteiger partial charge in [-0.25, -0.2) is 14.3 Å². The molecule has 1 aliphatic rings. The van der Waals surface area contributed by atoms with Crippen molar-refractivity contribution < 1.29 is 19.2 Å². The Morgan fingerprint density at radius 1 is 1.54 bits per heavy atom. The zero-order valence-electron chi connectivity index (χ0n) is 14.6. The number of hydrogen-bond donors (Lipinski definition) is 3. The summed E-state index contributed by atoms with van der Waals surface area (Å²) in [5.41, 5.74) is 5.87. The van der Waals surface area contributed by atoms with Gasteiger partial charge in [-0.3, -0.25) is 8.78 Å². The number of aromatic nitrogens is 4. The lowest BCUT2D eigenvalue weighted by atomic mass is 10.1. The van der Waals surface area contributed by atoms with Gasteiger partial charge >= 0.3 is 5.69 Å². The summed E-state index contributed by atoms with van der Waals surface area (Å²) < 4.78 is 19.8. The normalized spacial score (nSPS) is 25.6. The summed E-state index contributed by atoms with van der Waals surface area (Å²) in [5.74, 6) is 0.273. The highest BCUT2D eigenvalue weighted by Crippen LogP contribution is 2.32. The highest BCUT2D eigenvalue weighted by atomic mass is 32.2. The number of nitrogen functional groups attached to an aromatic ring is 1. The molecule has 26 heavy (non-hydrogen) atoms. The van der Waals surface area contributed by atoms with E-state index in [-0.39, 0.29) is 30.3 Å². The molecular weight excluding hydrogens is 362 g/mol. The van der Waals surface area contributed by atoms with Crippen molar-refractivity contribution in [3.8, 4) is 0 Å². The second kappa shape index (κ2) is 7.43. The van der Waals surface area contributed by atoms with E-state index in [4.69, 9.17) is 10.5 Å². The smallest absolute Gasteiger partial charge is 0.332 e. The molecule has 0 aliphatic carbocycles.